The summed E-state index contributed by atoms with van der Waals surface area (Å²) in [6, 6.07) is 7.92. The number of thioether (sulfide) groups is 1. The molecular weight excluding hydrogens is 321 g/mol. The van der Waals surface area contributed by atoms with Gasteiger partial charge in [0.1, 0.15) is 5.03 Å². The van der Waals surface area contributed by atoms with Crippen LogP contribution in [0.2, 0.25) is 5.02 Å². The summed E-state index contributed by atoms with van der Waals surface area (Å²) in [6.07, 6.45) is -2.77. The fourth-order valence-corrected chi connectivity index (χ4v) is 2.84. The molecule has 21 heavy (non-hydrogen) atoms. The van der Waals surface area contributed by atoms with E-state index in [1.807, 2.05) is 0 Å². The van der Waals surface area contributed by atoms with E-state index in [4.69, 9.17) is 17.3 Å². The second kappa shape index (κ2) is 6.68. The standard InChI is InChI=1S/C14H12ClF3N2S/c15-11-5-2-6-20-13(11)21-8-12(19)9-3-1-4-10(7-9)14(16,17)18/h1-7,12H,8,19H2. The molecule has 0 aliphatic rings. The summed E-state index contributed by atoms with van der Waals surface area (Å²) in [5.74, 6) is 0.387. The summed E-state index contributed by atoms with van der Waals surface area (Å²) >= 11 is 7.28. The summed E-state index contributed by atoms with van der Waals surface area (Å²) in [6.45, 7) is 0. The number of benzene rings is 1. The average molecular weight is 333 g/mol. The monoisotopic (exact) mass is 332 g/mol. The molecule has 2 nitrogen and oxygen atoms in total. The number of nitrogens with two attached hydrogens (primary N) is 1. The molecule has 0 bridgehead atoms. The van der Waals surface area contributed by atoms with E-state index < -0.39 is 17.8 Å². The van der Waals surface area contributed by atoms with Crippen LogP contribution in [0.4, 0.5) is 13.2 Å². The highest BCUT2D eigenvalue weighted by Gasteiger charge is 2.30. The third-order valence-corrected chi connectivity index (χ3v) is 4.31. The summed E-state index contributed by atoms with van der Waals surface area (Å²) in [5, 5.41) is 1.11. The molecule has 2 rings (SSSR count). The van der Waals surface area contributed by atoms with Crippen LogP contribution in [0.1, 0.15) is 17.2 Å². The summed E-state index contributed by atoms with van der Waals surface area (Å²) < 4.78 is 38.0. The summed E-state index contributed by atoms with van der Waals surface area (Å²) in [5.41, 5.74) is 5.68. The van der Waals surface area contributed by atoms with Gasteiger partial charge in [0.05, 0.1) is 10.6 Å². The van der Waals surface area contributed by atoms with Gasteiger partial charge in [-0.15, -0.1) is 11.8 Å². The molecule has 0 aliphatic heterocycles. The molecule has 0 amide bonds. The zero-order chi connectivity index (χ0) is 15.5. The van der Waals surface area contributed by atoms with Crippen molar-refractivity contribution in [1.82, 2.24) is 4.98 Å². The van der Waals surface area contributed by atoms with Crippen LogP contribution >= 0.6 is 23.4 Å². The molecule has 1 heterocycles. The van der Waals surface area contributed by atoms with Crippen molar-refractivity contribution in [2.45, 2.75) is 17.2 Å². The maximum Gasteiger partial charge on any atom is 0.416 e. The second-order valence-corrected chi connectivity index (χ2v) is 5.75. The Morgan fingerprint density at radius 3 is 2.67 bits per heavy atom. The predicted octanol–water partition coefficient (Wildman–Crippen LogP) is 4.55. The van der Waals surface area contributed by atoms with Crippen LogP contribution in [0, 0.1) is 0 Å². The molecule has 0 saturated heterocycles. The zero-order valence-electron chi connectivity index (χ0n) is 10.8. The number of hydrogen-bond donors (Lipinski definition) is 1. The van der Waals surface area contributed by atoms with E-state index >= 15 is 0 Å². The van der Waals surface area contributed by atoms with Crippen molar-refractivity contribution in [1.29, 1.82) is 0 Å². The molecule has 2 aromatic rings. The first-order valence-electron chi connectivity index (χ1n) is 6.04. The van der Waals surface area contributed by atoms with Crippen molar-refractivity contribution in [3.05, 3.63) is 58.7 Å². The van der Waals surface area contributed by atoms with E-state index in [-0.39, 0.29) is 0 Å². The van der Waals surface area contributed by atoms with Crippen LogP contribution < -0.4 is 5.73 Å². The Hall–Kier alpha value is -1.24. The number of nitrogens with zero attached hydrogens (tertiary/aromatic N) is 1. The van der Waals surface area contributed by atoms with Crippen molar-refractivity contribution in [2.24, 2.45) is 5.73 Å². The van der Waals surface area contributed by atoms with Crippen LogP contribution in [0.15, 0.2) is 47.6 Å². The van der Waals surface area contributed by atoms with Crippen LogP contribution in [0.3, 0.4) is 0 Å². The lowest BCUT2D eigenvalue weighted by molar-refractivity contribution is -0.137. The van der Waals surface area contributed by atoms with Gasteiger partial charge < -0.3 is 5.73 Å². The molecule has 0 saturated carbocycles. The molecule has 2 N–H and O–H groups in total. The molecule has 1 unspecified atom stereocenters. The van der Waals surface area contributed by atoms with Gasteiger partial charge in [-0.1, -0.05) is 23.7 Å². The van der Waals surface area contributed by atoms with Gasteiger partial charge in [0.15, 0.2) is 0 Å². The van der Waals surface area contributed by atoms with Crippen molar-refractivity contribution in [2.75, 3.05) is 5.75 Å². The van der Waals surface area contributed by atoms with Gasteiger partial charge >= 0.3 is 6.18 Å². The second-order valence-electron chi connectivity index (χ2n) is 4.33. The molecule has 0 spiro atoms. The molecular formula is C14H12ClF3N2S. The number of alkyl halides is 3. The van der Waals surface area contributed by atoms with E-state index in [2.05, 4.69) is 4.98 Å². The molecule has 112 valence electrons. The van der Waals surface area contributed by atoms with Crippen molar-refractivity contribution in [3.8, 4) is 0 Å². The lowest BCUT2D eigenvalue weighted by Crippen LogP contribution is -2.14. The highest BCUT2D eigenvalue weighted by molar-refractivity contribution is 7.99. The number of aromatic nitrogens is 1. The van der Waals surface area contributed by atoms with E-state index in [9.17, 15) is 13.2 Å². The Morgan fingerprint density at radius 1 is 1.24 bits per heavy atom. The fourth-order valence-electron chi connectivity index (χ4n) is 1.69. The van der Waals surface area contributed by atoms with Gasteiger partial charge in [0.2, 0.25) is 0 Å². The Balaban J connectivity index is 2.07. The smallest absolute Gasteiger partial charge is 0.323 e. The maximum absolute atomic E-state index is 12.7. The first kappa shape index (κ1) is 16.1. The minimum absolute atomic E-state index is 0.387. The van der Waals surface area contributed by atoms with Gasteiger partial charge in [-0.25, -0.2) is 4.98 Å². The lowest BCUT2D eigenvalue weighted by Gasteiger charge is -2.14. The van der Waals surface area contributed by atoms with Crippen LogP contribution in [0.25, 0.3) is 0 Å². The summed E-state index contributed by atoms with van der Waals surface area (Å²) in [4.78, 5) is 4.10. The van der Waals surface area contributed by atoms with Crippen LogP contribution in [-0.4, -0.2) is 10.7 Å². The molecule has 0 radical (unpaired) electrons. The van der Waals surface area contributed by atoms with Crippen molar-refractivity contribution < 1.29 is 13.2 Å². The molecule has 0 fully saturated rings. The van der Waals surface area contributed by atoms with E-state index in [0.717, 1.165) is 12.1 Å². The zero-order valence-corrected chi connectivity index (χ0v) is 12.3. The third-order valence-electron chi connectivity index (χ3n) is 2.77. The highest BCUT2D eigenvalue weighted by atomic mass is 35.5. The fraction of sp³-hybridized carbons (Fsp3) is 0.214. The maximum atomic E-state index is 12.7. The van der Waals surface area contributed by atoms with Gasteiger partial charge in [-0.05, 0) is 29.8 Å². The first-order chi connectivity index (χ1) is 9.88. The Morgan fingerprint density at radius 2 is 2.00 bits per heavy atom. The van der Waals surface area contributed by atoms with E-state index in [0.29, 0.717) is 21.4 Å². The highest BCUT2D eigenvalue weighted by Crippen LogP contribution is 2.32. The molecule has 1 aromatic heterocycles. The van der Waals surface area contributed by atoms with Gasteiger partial charge in [0.25, 0.3) is 0 Å². The van der Waals surface area contributed by atoms with Gasteiger partial charge in [0, 0.05) is 18.0 Å². The minimum atomic E-state index is -4.37. The third kappa shape index (κ3) is 4.36. The molecule has 1 aromatic carbocycles. The average Bonchev–Trinajstić information content (AvgIpc) is 2.45. The molecule has 7 heteroatoms. The number of rotatable bonds is 4. The van der Waals surface area contributed by atoms with Crippen LogP contribution in [0.5, 0.6) is 0 Å². The van der Waals surface area contributed by atoms with Crippen molar-refractivity contribution >= 4 is 23.4 Å². The van der Waals surface area contributed by atoms with E-state index in [1.165, 1.54) is 17.8 Å². The van der Waals surface area contributed by atoms with Crippen LogP contribution in [-0.2, 0) is 6.18 Å². The minimum Gasteiger partial charge on any atom is -0.323 e. The normalized spacial score (nSPS) is 13.2. The Kier molecular flexibility index (Phi) is 5.13. The molecule has 1 atom stereocenters. The Labute approximate surface area is 129 Å². The largest absolute Gasteiger partial charge is 0.416 e. The SMILES string of the molecule is NC(CSc1ncccc1Cl)c1cccc(C(F)(F)F)c1. The first-order valence-corrected chi connectivity index (χ1v) is 7.40. The lowest BCUT2D eigenvalue weighted by atomic mass is 10.1. The van der Waals surface area contributed by atoms with Crippen molar-refractivity contribution in [3.63, 3.8) is 0 Å². The van der Waals surface area contributed by atoms with Gasteiger partial charge in [-0.2, -0.15) is 13.2 Å². The quantitative estimate of drug-likeness (QED) is 0.835. The topological polar surface area (TPSA) is 38.9 Å². The number of hydrogen-bond acceptors (Lipinski definition) is 3. The predicted molar refractivity (Wildman–Crippen MR) is 78.3 cm³/mol. The van der Waals surface area contributed by atoms with E-state index in [1.54, 1.807) is 24.4 Å². The summed E-state index contributed by atoms with van der Waals surface area (Å²) in [7, 11) is 0. The van der Waals surface area contributed by atoms with Gasteiger partial charge in [-0.3, -0.25) is 0 Å². The Bertz CT molecular complexity index is 619. The number of halogens is 4. The number of pyridine rings is 1. The molecule has 0 aliphatic carbocycles.